The van der Waals surface area contributed by atoms with Gasteiger partial charge in [0.2, 0.25) is 5.91 Å². The van der Waals surface area contributed by atoms with Crippen molar-refractivity contribution in [1.29, 1.82) is 0 Å². The predicted molar refractivity (Wildman–Crippen MR) is 92.1 cm³/mol. The van der Waals surface area contributed by atoms with E-state index < -0.39 is 0 Å². The number of amides is 2. The van der Waals surface area contributed by atoms with E-state index in [1.54, 1.807) is 12.1 Å². The minimum atomic E-state index is -0.243. The molecule has 0 atom stereocenters. The van der Waals surface area contributed by atoms with Crippen LogP contribution in [0.15, 0.2) is 48.5 Å². The van der Waals surface area contributed by atoms with E-state index in [2.05, 4.69) is 27.9 Å². The van der Waals surface area contributed by atoms with E-state index in [9.17, 15) is 9.59 Å². The first-order valence-corrected chi connectivity index (χ1v) is 7.79. The van der Waals surface area contributed by atoms with Crippen molar-refractivity contribution >= 4 is 45.8 Å². The number of anilines is 2. The highest BCUT2D eigenvalue weighted by atomic mass is 127. The van der Waals surface area contributed by atoms with E-state index >= 15 is 0 Å². The summed E-state index contributed by atoms with van der Waals surface area (Å²) in [4.78, 5) is 25.7. The molecule has 112 valence electrons. The zero-order valence-corrected chi connectivity index (χ0v) is 13.7. The summed E-state index contributed by atoms with van der Waals surface area (Å²) in [6, 6.07) is 14.7. The van der Waals surface area contributed by atoms with E-state index in [0.29, 0.717) is 17.1 Å². The molecule has 1 aliphatic heterocycles. The van der Waals surface area contributed by atoms with Gasteiger partial charge in [0.05, 0.1) is 5.69 Å². The third kappa shape index (κ3) is 3.22. The molecule has 1 N–H and O–H groups in total. The Morgan fingerprint density at radius 3 is 2.86 bits per heavy atom. The van der Waals surface area contributed by atoms with Gasteiger partial charge in [0.1, 0.15) is 12.3 Å². The van der Waals surface area contributed by atoms with Crippen LogP contribution < -0.4 is 15.0 Å². The van der Waals surface area contributed by atoms with Gasteiger partial charge in [0.25, 0.3) is 5.91 Å². The molecule has 1 heterocycles. The van der Waals surface area contributed by atoms with Gasteiger partial charge in [-0.05, 0) is 52.9 Å². The van der Waals surface area contributed by atoms with Crippen LogP contribution in [0.1, 0.15) is 0 Å². The predicted octanol–water partition coefficient (Wildman–Crippen LogP) is 2.66. The number of para-hydroxylation sites is 2. The number of nitrogens with one attached hydrogen (secondary N) is 1. The summed E-state index contributed by atoms with van der Waals surface area (Å²) in [5.41, 5.74) is 1.34. The molecule has 0 spiro atoms. The summed E-state index contributed by atoms with van der Waals surface area (Å²) in [6.07, 6.45) is 0. The van der Waals surface area contributed by atoms with Crippen LogP contribution in [0.5, 0.6) is 5.75 Å². The molecular formula is C16H13IN2O3. The van der Waals surface area contributed by atoms with Crippen LogP contribution in [0.4, 0.5) is 11.4 Å². The lowest BCUT2D eigenvalue weighted by Gasteiger charge is -2.28. The van der Waals surface area contributed by atoms with Crippen molar-refractivity contribution in [3.8, 4) is 5.75 Å². The molecule has 2 aromatic rings. The van der Waals surface area contributed by atoms with Gasteiger partial charge in [-0.1, -0.05) is 18.2 Å². The van der Waals surface area contributed by atoms with Crippen LogP contribution in [-0.4, -0.2) is 25.0 Å². The van der Waals surface area contributed by atoms with Gasteiger partial charge in [0, 0.05) is 9.26 Å². The molecular weight excluding hydrogens is 395 g/mol. The lowest BCUT2D eigenvalue weighted by Crippen LogP contribution is -2.43. The van der Waals surface area contributed by atoms with Crippen molar-refractivity contribution in [3.05, 3.63) is 52.1 Å². The van der Waals surface area contributed by atoms with Gasteiger partial charge >= 0.3 is 0 Å². The zero-order valence-electron chi connectivity index (χ0n) is 11.6. The molecule has 2 aromatic carbocycles. The smallest absolute Gasteiger partial charge is 0.265 e. The van der Waals surface area contributed by atoms with Crippen molar-refractivity contribution in [2.45, 2.75) is 0 Å². The van der Waals surface area contributed by atoms with Crippen LogP contribution in [0.25, 0.3) is 0 Å². The fourth-order valence-corrected chi connectivity index (χ4v) is 2.78. The summed E-state index contributed by atoms with van der Waals surface area (Å²) in [7, 11) is 0. The number of fused-ring (bicyclic) bond motifs is 1. The molecule has 0 saturated heterocycles. The monoisotopic (exact) mass is 408 g/mol. The van der Waals surface area contributed by atoms with Crippen molar-refractivity contribution in [3.63, 3.8) is 0 Å². The largest absolute Gasteiger partial charge is 0.482 e. The summed E-state index contributed by atoms with van der Waals surface area (Å²) < 4.78 is 6.39. The minimum Gasteiger partial charge on any atom is -0.482 e. The van der Waals surface area contributed by atoms with Gasteiger partial charge in [-0.3, -0.25) is 14.5 Å². The molecule has 6 heteroatoms. The number of rotatable bonds is 3. The fraction of sp³-hybridized carbons (Fsp3) is 0.125. The van der Waals surface area contributed by atoms with Crippen LogP contribution in [0, 0.1) is 3.57 Å². The van der Waals surface area contributed by atoms with Crippen molar-refractivity contribution in [1.82, 2.24) is 0 Å². The molecule has 0 fully saturated rings. The summed E-state index contributed by atoms with van der Waals surface area (Å²) in [6.45, 7) is -0.0851. The Bertz CT molecular complexity index is 733. The number of ether oxygens (including phenoxy) is 1. The Kier molecular flexibility index (Phi) is 4.28. The first-order valence-electron chi connectivity index (χ1n) is 6.71. The number of carbonyl (C=O) groups excluding carboxylic acids is 2. The Hall–Kier alpha value is -2.09. The highest BCUT2D eigenvalue weighted by Gasteiger charge is 2.26. The standard InChI is InChI=1S/C16H13IN2O3/c17-11-4-3-5-12(8-11)18-15(20)9-19-13-6-1-2-7-14(13)22-10-16(19)21/h1-8H,9-10H2,(H,18,20). The number of nitrogens with zero attached hydrogens (tertiary/aromatic N) is 1. The normalized spacial score (nSPS) is 13.3. The Morgan fingerprint density at radius 2 is 2.05 bits per heavy atom. The number of hydrogen-bond acceptors (Lipinski definition) is 3. The number of benzene rings is 2. The average Bonchev–Trinajstić information content (AvgIpc) is 2.50. The molecule has 0 aliphatic carbocycles. The van der Waals surface area contributed by atoms with Crippen molar-refractivity contribution in [2.75, 3.05) is 23.4 Å². The van der Waals surface area contributed by atoms with Crippen LogP contribution in [0.3, 0.4) is 0 Å². The second kappa shape index (κ2) is 6.35. The average molecular weight is 408 g/mol. The molecule has 0 unspecified atom stereocenters. The third-order valence-corrected chi connectivity index (χ3v) is 3.89. The lowest BCUT2D eigenvalue weighted by atomic mass is 10.2. The second-order valence-electron chi connectivity index (χ2n) is 4.79. The topological polar surface area (TPSA) is 58.6 Å². The van der Waals surface area contributed by atoms with Crippen LogP contribution in [-0.2, 0) is 9.59 Å². The molecule has 2 amide bonds. The molecule has 0 radical (unpaired) electrons. The SMILES string of the molecule is O=C(CN1C(=O)COc2ccccc21)Nc1cccc(I)c1. The van der Waals surface area contributed by atoms with Gasteiger partial charge in [-0.2, -0.15) is 0 Å². The zero-order chi connectivity index (χ0) is 15.5. The molecule has 0 aromatic heterocycles. The van der Waals surface area contributed by atoms with Crippen molar-refractivity contribution < 1.29 is 14.3 Å². The molecule has 0 bridgehead atoms. The molecule has 5 nitrogen and oxygen atoms in total. The first kappa shape index (κ1) is 14.8. The maximum atomic E-state index is 12.2. The summed E-state index contributed by atoms with van der Waals surface area (Å²) >= 11 is 2.18. The maximum Gasteiger partial charge on any atom is 0.265 e. The Balaban J connectivity index is 1.75. The van der Waals surface area contributed by atoms with Gasteiger partial charge in [-0.15, -0.1) is 0 Å². The molecule has 1 aliphatic rings. The number of halogens is 1. The van der Waals surface area contributed by atoms with E-state index in [4.69, 9.17) is 4.74 Å². The Labute approximate surface area is 141 Å². The van der Waals surface area contributed by atoms with Crippen LogP contribution in [0.2, 0.25) is 0 Å². The van der Waals surface area contributed by atoms with Gasteiger partial charge in [-0.25, -0.2) is 0 Å². The van der Waals surface area contributed by atoms with Gasteiger partial charge < -0.3 is 10.1 Å². The molecule has 22 heavy (non-hydrogen) atoms. The highest BCUT2D eigenvalue weighted by molar-refractivity contribution is 14.1. The second-order valence-corrected chi connectivity index (χ2v) is 6.04. The summed E-state index contributed by atoms with van der Waals surface area (Å²) in [5, 5.41) is 2.80. The Morgan fingerprint density at radius 1 is 1.23 bits per heavy atom. The van der Waals surface area contributed by atoms with E-state index in [1.165, 1.54) is 4.90 Å². The van der Waals surface area contributed by atoms with E-state index in [1.807, 2.05) is 36.4 Å². The minimum absolute atomic E-state index is 0.0370. The van der Waals surface area contributed by atoms with Gasteiger partial charge in [0.15, 0.2) is 6.61 Å². The third-order valence-electron chi connectivity index (χ3n) is 3.22. The number of hydrogen-bond donors (Lipinski definition) is 1. The molecule has 0 saturated carbocycles. The fourth-order valence-electron chi connectivity index (χ4n) is 2.24. The maximum absolute atomic E-state index is 12.2. The molecule has 3 rings (SSSR count). The highest BCUT2D eigenvalue weighted by Crippen LogP contribution is 2.31. The quantitative estimate of drug-likeness (QED) is 0.795. The van der Waals surface area contributed by atoms with E-state index in [-0.39, 0.29) is 25.0 Å². The first-order chi connectivity index (χ1) is 10.6. The lowest BCUT2D eigenvalue weighted by molar-refractivity contribution is -0.123. The number of carbonyl (C=O) groups is 2. The van der Waals surface area contributed by atoms with Crippen LogP contribution >= 0.6 is 22.6 Å². The van der Waals surface area contributed by atoms with E-state index in [0.717, 1.165) is 3.57 Å². The summed E-state index contributed by atoms with van der Waals surface area (Å²) in [5.74, 6) is 0.146. The van der Waals surface area contributed by atoms with Crippen molar-refractivity contribution in [2.24, 2.45) is 0 Å².